The predicted octanol–water partition coefficient (Wildman–Crippen LogP) is 1.95. The Morgan fingerprint density at radius 3 is 2.62 bits per heavy atom. The normalized spacial score (nSPS) is 12.1. The Hall–Kier alpha value is -1.42. The molecule has 134 valence electrons. The minimum absolute atomic E-state index is 0. The molecule has 0 aliphatic rings. The molecular formula is C16H27IN6O. The summed E-state index contributed by atoms with van der Waals surface area (Å²) in [5.74, 6) is 1.44. The number of fused-ring (bicyclic) bond motifs is 1. The molecule has 0 saturated carbocycles. The van der Waals surface area contributed by atoms with E-state index in [-0.39, 0.29) is 24.0 Å². The summed E-state index contributed by atoms with van der Waals surface area (Å²) < 4.78 is 1.92. The summed E-state index contributed by atoms with van der Waals surface area (Å²) in [5, 5.41) is 25.0. The Bertz CT molecular complexity index is 653. The Balaban J connectivity index is 0.00000288. The van der Waals surface area contributed by atoms with Crippen LogP contribution < -0.4 is 10.6 Å². The van der Waals surface area contributed by atoms with Gasteiger partial charge in [-0.3, -0.25) is 4.40 Å². The zero-order chi connectivity index (χ0) is 16.7. The molecule has 0 spiro atoms. The maximum atomic E-state index is 10.4. The number of guanidine groups is 1. The number of pyridine rings is 1. The fourth-order valence-corrected chi connectivity index (χ4v) is 2.24. The standard InChI is InChI=1S/C16H26N6O.HI/c1-4-16(23,5-2)12-19-15(17-6-3)18-11-14-21-20-13-9-7-8-10-22(13)14;/h7-10,23H,4-6,11-12H2,1-3H3,(H2,17,18,19);1H. The Morgan fingerprint density at radius 2 is 1.96 bits per heavy atom. The zero-order valence-electron chi connectivity index (χ0n) is 14.5. The van der Waals surface area contributed by atoms with E-state index in [0.717, 1.165) is 18.0 Å². The molecule has 0 atom stereocenters. The Morgan fingerprint density at radius 1 is 1.21 bits per heavy atom. The van der Waals surface area contributed by atoms with Crippen LogP contribution in [0.4, 0.5) is 0 Å². The Labute approximate surface area is 160 Å². The third kappa shape index (κ3) is 5.30. The van der Waals surface area contributed by atoms with Gasteiger partial charge in [-0.25, -0.2) is 4.99 Å². The fraction of sp³-hybridized carbons (Fsp3) is 0.562. The van der Waals surface area contributed by atoms with Crippen LogP contribution in [-0.4, -0.2) is 44.4 Å². The second-order valence-electron chi connectivity index (χ2n) is 5.53. The van der Waals surface area contributed by atoms with Crippen LogP contribution in [0.5, 0.6) is 0 Å². The highest BCUT2D eigenvalue weighted by molar-refractivity contribution is 14.0. The summed E-state index contributed by atoms with van der Waals surface area (Å²) in [6.45, 7) is 7.61. The van der Waals surface area contributed by atoms with Gasteiger partial charge in [0.25, 0.3) is 0 Å². The van der Waals surface area contributed by atoms with Crippen molar-refractivity contribution < 1.29 is 5.11 Å². The Kier molecular flexibility index (Phi) is 8.40. The zero-order valence-corrected chi connectivity index (χ0v) is 16.8. The number of hydrogen-bond donors (Lipinski definition) is 3. The van der Waals surface area contributed by atoms with Crippen LogP contribution in [-0.2, 0) is 6.54 Å². The molecule has 24 heavy (non-hydrogen) atoms. The molecule has 8 heteroatoms. The van der Waals surface area contributed by atoms with Gasteiger partial charge in [-0.1, -0.05) is 19.9 Å². The summed E-state index contributed by atoms with van der Waals surface area (Å²) in [6, 6.07) is 5.78. The van der Waals surface area contributed by atoms with Gasteiger partial charge in [0.15, 0.2) is 17.4 Å². The van der Waals surface area contributed by atoms with Crippen LogP contribution in [0.15, 0.2) is 29.4 Å². The average Bonchev–Trinajstić information content (AvgIpc) is 3.00. The first-order chi connectivity index (χ1) is 11.1. The van der Waals surface area contributed by atoms with E-state index in [0.29, 0.717) is 31.9 Å². The van der Waals surface area contributed by atoms with Gasteiger partial charge in [0.2, 0.25) is 0 Å². The van der Waals surface area contributed by atoms with Crippen LogP contribution in [0.2, 0.25) is 0 Å². The number of aromatic nitrogens is 3. The van der Waals surface area contributed by atoms with Crippen molar-refractivity contribution in [2.24, 2.45) is 4.99 Å². The lowest BCUT2D eigenvalue weighted by molar-refractivity contribution is 0.0367. The minimum atomic E-state index is -0.711. The maximum Gasteiger partial charge on any atom is 0.191 e. The number of aliphatic hydroxyl groups is 1. The highest BCUT2D eigenvalue weighted by atomic mass is 127. The second kappa shape index (κ2) is 9.77. The minimum Gasteiger partial charge on any atom is -0.388 e. The van der Waals surface area contributed by atoms with Gasteiger partial charge >= 0.3 is 0 Å². The molecule has 0 bridgehead atoms. The predicted molar refractivity (Wildman–Crippen MR) is 107 cm³/mol. The van der Waals surface area contributed by atoms with E-state index in [1.54, 1.807) is 0 Å². The highest BCUT2D eigenvalue weighted by Crippen LogP contribution is 2.12. The molecule has 2 rings (SSSR count). The van der Waals surface area contributed by atoms with Crippen LogP contribution in [0.25, 0.3) is 5.65 Å². The molecule has 0 fully saturated rings. The third-order valence-electron chi connectivity index (χ3n) is 4.01. The number of aliphatic imine (C=N–C) groups is 1. The van der Waals surface area contributed by atoms with Gasteiger partial charge < -0.3 is 15.7 Å². The van der Waals surface area contributed by atoms with Crippen molar-refractivity contribution in [1.29, 1.82) is 0 Å². The molecule has 0 radical (unpaired) electrons. The molecule has 0 saturated heterocycles. The number of nitrogens with one attached hydrogen (secondary N) is 2. The lowest BCUT2D eigenvalue weighted by atomic mass is 9.98. The summed E-state index contributed by atoms with van der Waals surface area (Å²) in [4.78, 5) is 4.54. The van der Waals surface area contributed by atoms with E-state index in [2.05, 4.69) is 25.8 Å². The molecule has 2 aromatic heterocycles. The molecule has 0 amide bonds. The molecule has 0 aliphatic carbocycles. The molecule has 0 aliphatic heterocycles. The smallest absolute Gasteiger partial charge is 0.191 e. The van der Waals surface area contributed by atoms with Crippen molar-refractivity contribution in [2.75, 3.05) is 13.1 Å². The quantitative estimate of drug-likeness (QED) is 0.344. The first kappa shape index (κ1) is 20.6. The molecular weight excluding hydrogens is 419 g/mol. The maximum absolute atomic E-state index is 10.4. The topological polar surface area (TPSA) is 86.8 Å². The van der Waals surface area contributed by atoms with E-state index in [1.807, 2.05) is 49.6 Å². The molecule has 2 heterocycles. The number of rotatable bonds is 7. The van der Waals surface area contributed by atoms with Gasteiger partial charge in [0.1, 0.15) is 6.54 Å². The highest BCUT2D eigenvalue weighted by Gasteiger charge is 2.22. The van der Waals surface area contributed by atoms with Gasteiger partial charge in [-0.05, 0) is 31.9 Å². The summed E-state index contributed by atoms with van der Waals surface area (Å²) in [6.07, 6.45) is 3.32. The molecule has 0 aromatic carbocycles. The monoisotopic (exact) mass is 446 g/mol. The van der Waals surface area contributed by atoms with Crippen molar-refractivity contribution in [2.45, 2.75) is 45.8 Å². The molecule has 7 nitrogen and oxygen atoms in total. The number of nitrogens with zero attached hydrogens (tertiary/aromatic N) is 4. The van der Waals surface area contributed by atoms with Crippen molar-refractivity contribution >= 4 is 35.6 Å². The first-order valence-electron chi connectivity index (χ1n) is 8.15. The van der Waals surface area contributed by atoms with Crippen molar-refractivity contribution in [3.8, 4) is 0 Å². The third-order valence-corrected chi connectivity index (χ3v) is 4.01. The van der Waals surface area contributed by atoms with Gasteiger partial charge in [0.05, 0.1) is 5.60 Å². The van der Waals surface area contributed by atoms with E-state index in [9.17, 15) is 5.11 Å². The largest absolute Gasteiger partial charge is 0.388 e. The molecule has 2 aromatic rings. The first-order valence-corrected chi connectivity index (χ1v) is 8.15. The number of hydrogen-bond acceptors (Lipinski definition) is 4. The van der Waals surface area contributed by atoms with Crippen molar-refractivity contribution in [3.05, 3.63) is 30.2 Å². The van der Waals surface area contributed by atoms with E-state index in [4.69, 9.17) is 0 Å². The van der Waals surface area contributed by atoms with Crippen LogP contribution in [0.1, 0.15) is 39.4 Å². The molecule has 0 unspecified atom stereocenters. The second-order valence-corrected chi connectivity index (χ2v) is 5.53. The van der Waals surface area contributed by atoms with E-state index >= 15 is 0 Å². The van der Waals surface area contributed by atoms with Gasteiger partial charge in [-0.2, -0.15) is 0 Å². The summed E-state index contributed by atoms with van der Waals surface area (Å²) >= 11 is 0. The van der Waals surface area contributed by atoms with Crippen LogP contribution in [0.3, 0.4) is 0 Å². The summed E-state index contributed by atoms with van der Waals surface area (Å²) in [5.41, 5.74) is 0.0968. The molecule has 3 N–H and O–H groups in total. The lowest BCUT2D eigenvalue weighted by Crippen LogP contribution is -2.46. The van der Waals surface area contributed by atoms with E-state index < -0.39 is 5.60 Å². The lowest BCUT2D eigenvalue weighted by Gasteiger charge is -2.26. The van der Waals surface area contributed by atoms with Crippen LogP contribution >= 0.6 is 24.0 Å². The van der Waals surface area contributed by atoms with Gasteiger partial charge in [0, 0.05) is 19.3 Å². The van der Waals surface area contributed by atoms with E-state index in [1.165, 1.54) is 0 Å². The van der Waals surface area contributed by atoms with Gasteiger partial charge in [-0.15, -0.1) is 34.2 Å². The summed E-state index contributed by atoms with van der Waals surface area (Å²) in [7, 11) is 0. The number of halogens is 1. The fourth-order valence-electron chi connectivity index (χ4n) is 2.24. The van der Waals surface area contributed by atoms with Crippen molar-refractivity contribution in [3.63, 3.8) is 0 Å². The SMILES string of the molecule is CCNC(=NCc1nnc2ccccn12)NCC(O)(CC)CC.I. The van der Waals surface area contributed by atoms with Crippen molar-refractivity contribution in [1.82, 2.24) is 25.2 Å². The van der Waals surface area contributed by atoms with Crippen LogP contribution in [0, 0.1) is 0 Å². The average molecular weight is 446 g/mol.